The molecule has 0 aromatic heterocycles. The second kappa shape index (κ2) is 5.21. The Morgan fingerprint density at radius 2 is 1.65 bits per heavy atom. The van der Waals surface area contributed by atoms with Crippen LogP contribution in [-0.4, -0.2) is 17.7 Å². The maximum Gasteiger partial charge on any atom is 0.411 e. The lowest BCUT2D eigenvalue weighted by Gasteiger charge is -2.25. The fourth-order valence-electron chi connectivity index (χ4n) is 2.13. The van der Waals surface area contributed by atoms with E-state index in [0.717, 1.165) is 34.4 Å². The average Bonchev–Trinajstić information content (AvgIpc) is 2.25. The van der Waals surface area contributed by atoms with Crippen molar-refractivity contribution in [2.45, 2.75) is 41.0 Å². The molecule has 94 valence electrons. The Balaban J connectivity index is 3.41. The van der Waals surface area contributed by atoms with E-state index >= 15 is 0 Å². The first-order chi connectivity index (χ1) is 7.90. The summed E-state index contributed by atoms with van der Waals surface area (Å²) in [6, 6.07) is 2.11. The molecule has 1 rings (SSSR count). The second-order valence-electron chi connectivity index (χ2n) is 4.54. The molecule has 0 radical (unpaired) electrons. The number of rotatable bonds is 3. The highest BCUT2D eigenvalue weighted by molar-refractivity contribution is 5.89. The molecule has 1 N–H and O–H groups in total. The van der Waals surface area contributed by atoms with Crippen molar-refractivity contribution >= 4 is 11.8 Å². The van der Waals surface area contributed by atoms with Gasteiger partial charge in [-0.1, -0.05) is 13.0 Å². The Labute approximate surface area is 103 Å². The van der Waals surface area contributed by atoms with Crippen LogP contribution in [0.25, 0.3) is 0 Å². The van der Waals surface area contributed by atoms with Crippen LogP contribution in [0.15, 0.2) is 6.07 Å². The van der Waals surface area contributed by atoms with Gasteiger partial charge in [-0.25, -0.2) is 4.79 Å². The Bertz CT molecular complexity index is 412. The number of carboxylic acid groups (broad SMARTS) is 1. The van der Waals surface area contributed by atoms with Crippen molar-refractivity contribution in [3.8, 4) is 0 Å². The molecule has 0 unspecified atom stereocenters. The van der Waals surface area contributed by atoms with Crippen LogP contribution in [0.3, 0.4) is 0 Å². The molecule has 0 saturated carbocycles. The number of aryl methyl sites for hydroxylation is 2. The number of hydrogen-bond acceptors (Lipinski definition) is 1. The number of amides is 1. The predicted octanol–water partition coefficient (Wildman–Crippen LogP) is 3.81. The summed E-state index contributed by atoms with van der Waals surface area (Å²) < 4.78 is 0. The number of benzene rings is 1. The molecule has 0 heterocycles. The summed E-state index contributed by atoms with van der Waals surface area (Å²) in [5, 5.41) is 9.31. The third-order valence-corrected chi connectivity index (χ3v) is 3.27. The van der Waals surface area contributed by atoms with E-state index in [9.17, 15) is 9.90 Å². The van der Waals surface area contributed by atoms with E-state index in [2.05, 4.69) is 6.07 Å². The van der Waals surface area contributed by atoms with Gasteiger partial charge in [0, 0.05) is 6.54 Å². The van der Waals surface area contributed by atoms with Gasteiger partial charge >= 0.3 is 6.09 Å². The lowest BCUT2D eigenvalue weighted by molar-refractivity contribution is 0.201. The summed E-state index contributed by atoms with van der Waals surface area (Å²) in [6.45, 7) is 10.6. The molecule has 0 fully saturated rings. The molecule has 0 atom stereocenters. The Morgan fingerprint density at radius 3 is 2.00 bits per heavy atom. The van der Waals surface area contributed by atoms with E-state index in [1.54, 1.807) is 0 Å². The SMILES string of the molecule is CCCN(C(=O)O)c1c(C)c(C)cc(C)c1C. The first-order valence-corrected chi connectivity index (χ1v) is 5.98. The molecule has 0 bridgehead atoms. The van der Waals surface area contributed by atoms with E-state index in [-0.39, 0.29) is 0 Å². The standard InChI is InChI=1S/C14H21NO2/c1-6-7-15(14(16)17)13-11(4)9(2)8-10(3)12(13)5/h8H,6-7H2,1-5H3,(H,16,17). The highest BCUT2D eigenvalue weighted by Crippen LogP contribution is 2.30. The lowest BCUT2D eigenvalue weighted by atomic mass is 9.98. The molecule has 0 saturated heterocycles. The smallest absolute Gasteiger partial charge is 0.411 e. The zero-order valence-electron chi connectivity index (χ0n) is 11.3. The second-order valence-corrected chi connectivity index (χ2v) is 4.54. The summed E-state index contributed by atoms with van der Waals surface area (Å²) in [5.41, 5.74) is 5.26. The predicted molar refractivity (Wildman–Crippen MR) is 71.1 cm³/mol. The van der Waals surface area contributed by atoms with Gasteiger partial charge in [0.2, 0.25) is 0 Å². The van der Waals surface area contributed by atoms with Gasteiger partial charge in [0.1, 0.15) is 0 Å². The van der Waals surface area contributed by atoms with Crippen molar-refractivity contribution in [2.24, 2.45) is 0 Å². The number of anilines is 1. The molecule has 3 heteroatoms. The van der Waals surface area contributed by atoms with Gasteiger partial charge in [-0.05, 0) is 56.4 Å². The van der Waals surface area contributed by atoms with Gasteiger partial charge in [0.25, 0.3) is 0 Å². The third-order valence-electron chi connectivity index (χ3n) is 3.27. The maximum atomic E-state index is 11.3. The zero-order valence-corrected chi connectivity index (χ0v) is 11.3. The highest BCUT2D eigenvalue weighted by Gasteiger charge is 2.19. The fraction of sp³-hybridized carbons (Fsp3) is 0.500. The van der Waals surface area contributed by atoms with Crippen molar-refractivity contribution < 1.29 is 9.90 Å². The third kappa shape index (κ3) is 2.60. The monoisotopic (exact) mass is 235 g/mol. The Hall–Kier alpha value is -1.51. The van der Waals surface area contributed by atoms with Crippen LogP contribution >= 0.6 is 0 Å². The lowest BCUT2D eigenvalue weighted by Crippen LogP contribution is -2.31. The van der Waals surface area contributed by atoms with E-state index < -0.39 is 6.09 Å². The minimum Gasteiger partial charge on any atom is -0.465 e. The molecule has 1 aromatic rings. The fourth-order valence-corrected chi connectivity index (χ4v) is 2.13. The molecular weight excluding hydrogens is 214 g/mol. The van der Waals surface area contributed by atoms with E-state index in [4.69, 9.17) is 0 Å². The van der Waals surface area contributed by atoms with Crippen LogP contribution in [0.1, 0.15) is 35.6 Å². The summed E-state index contributed by atoms with van der Waals surface area (Å²) in [7, 11) is 0. The van der Waals surface area contributed by atoms with Gasteiger partial charge in [-0.3, -0.25) is 4.90 Å². The van der Waals surface area contributed by atoms with E-state index in [1.807, 2.05) is 34.6 Å². The summed E-state index contributed by atoms with van der Waals surface area (Å²) in [4.78, 5) is 12.8. The number of hydrogen-bond donors (Lipinski definition) is 1. The highest BCUT2D eigenvalue weighted by atomic mass is 16.4. The molecule has 1 amide bonds. The number of nitrogens with zero attached hydrogens (tertiary/aromatic N) is 1. The first-order valence-electron chi connectivity index (χ1n) is 5.98. The largest absolute Gasteiger partial charge is 0.465 e. The Morgan fingerprint density at radius 1 is 1.18 bits per heavy atom. The molecule has 0 aliphatic rings. The van der Waals surface area contributed by atoms with Crippen LogP contribution in [-0.2, 0) is 0 Å². The molecule has 0 aliphatic heterocycles. The number of carbonyl (C=O) groups is 1. The summed E-state index contributed by atoms with van der Waals surface area (Å²) >= 11 is 0. The minimum atomic E-state index is -0.872. The van der Waals surface area contributed by atoms with Crippen LogP contribution in [0.5, 0.6) is 0 Å². The molecule has 17 heavy (non-hydrogen) atoms. The molecule has 1 aromatic carbocycles. The maximum absolute atomic E-state index is 11.3. The summed E-state index contributed by atoms with van der Waals surface area (Å²) in [5.74, 6) is 0. The molecule has 0 spiro atoms. The van der Waals surface area contributed by atoms with Gasteiger partial charge in [0.15, 0.2) is 0 Å². The van der Waals surface area contributed by atoms with Crippen molar-refractivity contribution in [3.63, 3.8) is 0 Å². The van der Waals surface area contributed by atoms with E-state index in [0.29, 0.717) is 6.54 Å². The normalized spacial score (nSPS) is 10.4. The molecular formula is C14H21NO2. The summed E-state index contributed by atoms with van der Waals surface area (Å²) in [6.07, 6.45) is -0.0545. The topological polar surface area (TPSA) is 40.5 Å². The van der Waals surface area contributed by atoms with Crippen molar-refractivity contribution in [3.05, 3.63) is 28.3 Å². The van der Waals surface area contributed by atoms with Gasteiger partial charge < -0.3 is 5.11 Å². The Kier molecular flexibility index (Phi) is 4.16. The first kappa shape index (κ1) is 13.6. The quantitative estimate of drug-likeness (QED) is 0.865. The van der Waals surface area contributed by atoms with Gasteiger partial charge in [0.05, 0.1) is 5.69 Å². The van der Waals surface area contributed by atoms with Crippen LogP contribution in [0.4, 0.5) is 10.5 Å². The molecule has 3 nitrogen and oxygen atoms in total. The van der Waals surface area contributed by atoms with Crippen LogP contribution < -0.4 is 4.90 Å². The van der Waals surface area contributed by atoms with Crippen LogP contribution in [0.2, 0.25) is 0 Å². The minimum absolute atomic E-state index is 0.542. The van der Waals surface area contributed by atoms with Crippen molar-refractivity contribution in [1.29, 1.82) is 0 Å². The van der Waals surface area contributed by atoms with Crippen LogP contribution in [0, 0.1) is 27.7 Å². The molecule has 0 aliphatic carbocycles. The van der Waals surface area contributed by atoms with Crippen molar-refractivity contribution in [1.82, 2.24) is 0 Å². The average molecular weight is 235 g/mol. The van der Waals surface area contributed by atoms with Gasteiger partial charge in [-0.2, -0.15) is 0 Å². The zero-order chi connectivity index (χ0) is 13.2. The van der Waals surface area contributed by atoms with Crippen molar-refractivity contribution in [2.75, 3.05) is 11.4 Å². The van der Waals surface area contributed by atoms with Gasteiger partial charge in [-0.15, -0.1) is 0 Å². The van der Waals surface area contributed by atoms with E-state index in [1.165, 1.54) is 4.90 Å².